The lowest BCUT2D eigenvalue weighted by molar-refractivity contribution is -0.145. The number of pyridine rings is 2. The number of carbonyl (C=O) groups excluding carboxylic acids is 1. The number of methoxy groups -OCH3 is 1. The number of nitrogens with zero attached hydrogens (tertiary/aromatic N) is 17. The maximum atomic E-state index is 14.2. The molecule has 20 rings (SSSR count). The molecule has 632 valence electrons. The highest BCUT2D eigenvalue weighted by Gasteiger charge is 2.52. The fraction of sp³-hybridized carbons (Fsp3) is 0.383. The van der Waals surface area contributed by atoms with Crippen molar-refractivity contribution in [2.45, 2.75) is 152 Å². The van der Waals surface area contributed by atoms with Crippen LogP contribution < -0.4 is 22.1 Å². The minimum atomic E-state index is -5.59. The number of hydrogen-bond acceptors (Lipinski definition) is 17. The number of rotatable bonds is 15. The van der Waals surface area contributed by atoms with Gasteiger partial charge in [0.1, 0.15) is 37.7 Å². The van der Waals surface area contributed by atoms with Crippen molar-refractivity contribution in [1.29, 1.82) is 0 Å². The molecule has 6 fully saturated rings. The summed E-state index contributed by atoms with van der Waals surface area (Å²) in [6.07, 6.45) is 14.9. The van der Waals surface area contributed by atoms with Crippen molar-refractivity contribution in [3.63, 3.8) is 0 Å². The van der Waals surface area contributed by atoms with E-state index in [1.54, 1.807) is 93.8 Å². The van der Waals surface area contributed by atoms with Gasteiger partial charge in [-0.05, 0) is 199 Å². The molecule has 11 aromatic heterocycles. The third-order valence-corrected chi connectivity index (χ3v) is 25.8. The van der Waals surface area contributed by atoms with Crippen LogP contribution in [-0.2, 0) is 82.2 Å². The summed E-state index contributed by atoms with van der Waals surface area (Å²) in [6, 6.07) is 23.5. The van der Waals surface area contributed by atoms with Gasteiger partial charge >= 0.3 is 40.4 Å². The number of aryl methyl sites for hydroxylation is 3. The number of alkyl halides is 7. The lowest BCUT2D eigenvalue weighted by Crippen LogP contribution is -2.41. The number of hydrogen-bond donors (Lipinski definition) is 0. The molecule has 5 aliphatic carbocycles. The molecule has 26 nitrogen and oxygen atoms in total. The van der Waals surface area contributed by atoms with Gasteiger partial charge in [-0.2, -0.15) is 79.4 Å². The molecule has 121 heavy (non-hydrogen) atoms. The van der Waals surface area contributed by atoms with E-state index >= 15 is 0 Å². The third kappa shape index (κ3) is 17.4. The summed E-state index contributed by atoms with van der Waals surface area (Å²) in [5, 5.41) is 28.4. The molecular formula is C81H78BCl2F8IN17O9PS. The summed E-state index contributed by atoms with van der Waals surface area (Å²) < 4.78 is 154. The Labute approximate surface area is 710 Å². The van der Waals surface area contributed by atoms with Gasteiger partial charge in [0.15, 0.2) is 0 Å². The van der Waals surface area contributed by atoms with Gasteiger partial charge in [-0.1, -0.05) is 44.6 Å². The largest absolute Gasteiger partial charge is 0.496 e. The molecule has 14 aromatic rings. The predicted molar refractivity (Wildman–Crippen MR) is 452 cm³/mol. The fourth-order valence-electron chi connectivity index (χ4n) is 14.4. The number of ether oxygens (including phenoxy) is 1. The van der Waals surface area contributed by atoms with Crippen molar-refractivity contribution in [2.75, 3.05) is 7.11 Å². The second-order valence-corrected chi connectivity index (χ2v) is 37.0. The number of esters is 1. The van der Waals surface area contributed by atoms with E-state index in [1.165, 1.54) is 40.6 Å². The third-order valence-electron chi connectivity index (χ3n) is 22.4. The summed E-state index contributed by atoms with van der Waals surface area (Å²) >= 11 is 15.1. The van der Waals surface area contributed by atoms with Gasteiger partial charge in [0.05, 0.1) is 77.6 Å². The first kappa shape index (κ1) is 84.8. The summed E-state index contributed by atoms with van der Waals surface area (Å²) in [6.45, 7) is 9.97. The monoisotopic (exact) mass is 1860 g/mol. The molecule has 2 unspecified atom stereocenters. The zero-order valence-corrected chi connectivity index (χ0v) is 71.8. The second-order valence-electron chi connectivity index (χ2n) is 32.4. The summed E-state index contributed by atoms with van der Waals surface area (Å²) in [7, 11) is 1.18. The number of halogens is 11. The predicted octanol–water partition coefficient (Wildman–Crippen LogP) is 15.6. The highest BCUT2D eigenvalue weighted by Crippen LogP contribution is 2.45. The fourth-order valence-corrected chi connectivity index (χ4v) is 16.1. The number of carbonyl (C=O) groups is 1. The van der Waals surface area contributed by atoms with E-state index in [0.29, 0.717) is 76.3 Å². The molecule has 6 aliphatic rings. The molecule has 1 saturated heterocycles. The highest BCUT2D eigenvalue weighted by atomic mass is 127. The Balaban J connectivity index is 0.000000118. The van der Waals surface area contributed by atoms with Crippen LogP contribution in [0.25, 0.3) is 94.0 Å². The summed E-state index contributed by atoms with van der Waals surface area (Å²) in [5.74, 6) is 0.591. The van der Waals surface area contributed by atoms with Gasteiger partial charge in [-0.3, -0.25) is 38.4 Å². The van der Waals surface area contributed by atoms with Gasteiger partial charge in [0.25, 0.3) is 16.7 Å². The minimum Gasteiger partial charge on any atom is -0.466 e. The van der Waals surface area contributed by atoms with E-state index in [0.717, 1.165) is 131 Å². The van der Waals surface area contributed by atoms with Crippen LogP contribution in [-0.4, -0.2) is 127 Å². The van der Waals surface area contributed by atoms with Crippen LogP contribution in [0.4, 0.5) is 34.6 Å². The van der Waals surface area contributed by atoms with Crippen LogP contribution in [0.3, 0.4) is 0 Å². The molecule has 1 aliphatic heterocycles. The topological polar surface area (TPSA) is 278 Å². The van der Waals surface area contributed by atoms with Gasteiger partial charge in [-0.25, -0.2) is 9.18 Å². The van der Waals surface area contributed by atoms with Crippen molar-refractivity contribution in [2.24, 2.45) is 38.9 Å². The van der Waals surface area contributed by atoms with Gasteiger partial charge in [0, 0.05) is 141 Å². The van der Waals surface area contributed by atoms with Crippen molar-refractivity contribution < 1.29 is 61.9 Å². The zero-order chi connectivity index (χ0) is 86.2. The zero-order valence-electron chi connectivity index (χ0n) is 66.2. The molecule has 40 heteroatoms. The van der Waals surface area contributed by atoms with Crippen molar-refractivity contribution in [3.8, 4) is 28.2 Å². The van der Waals surface area contributed by atoms with Crippen molar-refractivity contribution in [3.05, 3.63) is 196 Å². The lowest BCUT2D eigenvalue weighted by atomic mass is 9.80. The van der Waals surface area contributed by atoms with Crippen LogP contribution in [0.2, 0.25) is 10.0 Å². The van der Waals surface area contributed by atoms with E-state index < -0.39 is 55.5 Å². The van der Waals surface area contributed by atoms with Crippen molar-refractivity contribution in [1.82, 2.24) is 82.4 Å². The standard InChI is InChI=1S/C27H23F3N6O.C19H15ClF3N5O.C18H15ClIN5O.C14H20BNO2.C3H5F2O4PS/c1-34-13-18-10-19(7-9-22(18)32-34)36-26(37)23(17-6-8-21(31-11-17)16-4-5-16)25-24(33-36)20(27(28,29)30)14-35(25)12-15-2-3-15;1-26-8-11-6-12(4-5-14(11)24-26)28-18(29)15(20)17-16(25-28)13(19(21,22)23)9-27(17)7-10-2-3-10;1-23-8-11-6-12(4-5-14(11)21-23)25-18(26)15(19)17-16(22-25)13(20)9-24(17)7-10-2-3-10;1-13(2)14(3,4)18-15(17-13)11-7-8-12(16-9-11)10-5-6-10;1-9-2(6)3(4,10)11(5,7)8/h6-11,13-16H,2-5,12H2,1H3;4-6,8-10H,2-3,7H2,1H3;4-6,8-10H,2-3,7H2,1H3;7-10H,5-6H2,1-4H3;10H2,1H3. The van der Waals surface area contributed by atoms with Crippen LogP contribution in [0.15, 0.2) is 143 Å². The Kier molecular flexibility index (Phi) is 22.3. The smallest absolute Gasteiger partial charge is 0.466 e. The van der Waals surface area contributed by atoms with Gasteiger partial charge in [-0.15, -0.1) is 3.89 Å². The van der Waals surface area contributed by atoms with E-state index in [9.17, 15) is 62.2 Å². The minimum absolute atomic E-state index is 0.0367. The van der Waals surface area contributed by atoms with Gasteiger partial charge in [0.2, 0.25) is 0 Å². The molecule has 12 heterocycles. The number of aromatic nitrogens is 17. The van der Waals surface area contributed by atoms with Crippen LogP contribution in [0, 0.1) is 21.3 Å². The molecule has 5 saturated carbocycles. The van der Waals surface area contributed by atoms with Crippen molar-refractivity contribution >= 4 is 150 Å². The lowest BCUT2D eigenvalue weighted by Gasteiger charge is -2.32. The van der Waals surface area contributed by atoms with Crippen LogP contribution in [0.1, 0.15) is 126 Å². The Morgan fingerprint density at radius 1 is 0.537 bits per heavy atom. The number of benzene rings is 3. The molecule has 0 N–H and O–H groups in total. The average Bonchev–Trinajstić information content (AvgIpc) is 1.53. The van der Waals surface area contributed by atoms with E-state index in [4.69, 9.17) is 32.5 Å². The Bertz CT molecular complexity index is 6750. The molecule has 2 atom stereocenters. The normalized spacial score (nSPS) is 17.0. The van der Waals surface area contributed by atoms with E-state index in [1.807, 2.05) is 49.9 Å². The van der Waals surface area contributed by atoms with Gasteiger partial charge < -0.3 is 27.7 Å². The maximum Gasteiger partial charge on any atom is 0.496 e. The number of fused-ring (bicyclic) bond motifs is 6. The highest BCUT2D eigenvalue weighted by molar-refractivity contribution is 14.1. The molecular weight excluding hydrogens is 1780 g/mol. The quantitative estimate of drug-likeness (QED) is 0.0230. The molecule has 0 radical (unpaired) electrons. The molecule has 3 aromatic carbocycles. The maximum absolute atomic E-state index is 14.2. The van der Waals surface area contributed by atoms with E-state index in [-0.39, 0.29) is 61.6 Å². The summed E-state index contributed by atoms with van der Waals surface area (Å²) in [5.41, 5.74) is 4.94. The molecule has 0 spiro atoms. The second kappa shape index (κ2) is 31.8. The molecule has 0 amide bonds. The first-order valence-corrected chi connectivity index (χ1v) is 42.6. The van der Waals surface area contributed by atoms with Crippen LogP contribution >= 0.6 is 55.0 Å². The molecule has 0 bridgehead atoms. The SMILES string of the molecule is CC1(C)OB(c2ccc(C3CC3)nc2)OC1(C)C.COC(=O)C(F)(P)S(=O)(=O)F.Cn1cc2cc(-n3nc4c(C(F)(F)F)cn(CC5CC5)c4c(-c4ccc(C5CC5)nc4)c3=O)ccc2n1.Cn1cc2cc(-n3nc4c(C(F)(F)F)cn(CC5CC5)c4c(Cl)c3=O)ccc2n1.Cn1cc2cc(-n3nc4c(I)cn(CC5CC5)c4c(Cl)c3=O)ccc2n1. The first-order valence-electron chi connectivity index (χ1n) is 38.8. The Hall–Kier alpha value is -9.79. The van der Waals surface area contributed by atoms with E-state index in [2.05, 4.69) is 112 Å². The van der Waals surface area contributed by atoms with Crippen LogP contribution in [0.5, 0.6) is 0 Å². The Morgan fingerprint density at radius 3 is 1.28 bits per heavy atom. The summed E-state index contributed by atoms with van der Waals surface area (Å²) in [4.78, 5) is 59.2. The Morgan fingerprint density at radius 2 is 0.917 bits per heavy atom. The first-order chi connectivity index (χ1) is 57.1. The average molecular weight is 1860 g/mol.